The van der Waals surface area contributed by atoms with E-state index in [1.807, 2.05) is 13.8 Å². The van der Waals surface area contributed by atoms with Crippen molar-refractivity contribution < 1.29 is 14.6 Å². The maximum Gasteiger partial charge on any atom is 0.123 e. The van der Waals surface area contributed by atoms with Crippen molar-refractivity contribution in [2.24, 2.45) is 11.3 Å². The van der Waals surface area contributed by atoms with Crippen LogP contribution in [0, 0.1) is 17.2 Å². The fraction of sp³-hybridized carbons (Fsp3) is 0.538. The molecule has 0 unspecified atom stereocenters. The van der Waals surface area contributed by atoms with Crippen LogP contribution in [0.3, 0.4) is 0 Å². The van der Waals surface area contributed by atoms with E-state index in [-0.39, 0.29) is 24.9 Å². The zero-order chi connectivity index (χ0) is 13.1. The van der Waals surface area contributed by atoms with E-state index in [1.165, 1.54) is 12.1 Å². The molecular weight excluding hydrogens is 287 g/mol. The van der Waals surface area contributed by atoms with Crippen LogP contribution in [0.25, 0.3) is 0 Å². The summed E-state index contributed by atoms with van der Waals surface area (Å²) in [7, 11) is 0. The molecule has 0 bridgehead atoms. The van der Waals surface area contributed by atoms with Crippen molar-refractivity contribution in [3.63, 3.8) is 0 Å². The average Bonchev–Trinajstić information content (AvgIpc) is 2.30. The normalized spacial score (nSPS) is 12.2. The van der Waals surface area contributed by atoms with Gasteiger partial charge in [0.15, 0.2) is 0 Å². The number of aliphatic hydroxyl groups excluding tert-OH is 2. The lowest BCUT2D eigenvalue weighted by Gasteiger charge is -2.34. The molecule has 0 aliphatic carbocycles. The van der Waals surface area contributed by atoms with Crippen LogP contribution in [-0.4, -0.2) is 23.4 Å². The molecule has 2 nitrogen and oxygen atoms in total. The van der Waals surface area contributed by atoms with Gasteiger partial charge < -0.3 is 10.2 Å². The number of benzene rings is 1. The quantitative estimate of drug-likeness (QED) is 0.878. The Balaban J connectivity index is 3.05. The number of aliphatic hydroxyl groups is 2. The lowest BCUT2D eigenvalue weighted by atomic mass is 9.74. The topological polar surface area (TPSA) is 40.5 Å². The smallest absolute Gasteiger partial charge is 0.123 e. The molecule has 0 aliphatic heterocycles. The highest BCUT2D eigenvalue weighted by atomic mass is 79.9. The third kappa shape index (κ3) is 3.27. The maximum absolute atomic E-state index is 13.2. The van der Waals surface area contributed by atoms with Crippen LogP contribution in [0.15, 0.2) is 22.7 Å². The van der Waals surface area contributed by atoms with Crippen molar-refractivity contribution in [2.75, 3.05) is 13.2 Å². The van der Waals surface area contributed by atoms with Crippen molar-refractivity contribution in [3.05, 3.63) is 34.1 Å². The predicted octanol–water partition coefficient (Wildman–Crippen LogP) is 2.76. The van der Waals surface area contributed by atoms with E-state index in [1.54, 1.807) is 6.07 Å². The monoisotopic (exact) mass is 304 g/mol. The molecule has 4 heteroatoms. The minimum Gasteiger partial charge on any atom is -0.396 e. The Bertz CT molecular complexity index is 376. The highest BCUT2D eigenvalue weighted by molar-refractivity contribution is 9.10. The molecule has 0 amide bonds. The molecule has 0 saturated carbocycles. The van der Waals surface area contributed by atoms with Gasteiger partial charge >= 0.3 is 0 Å². The lowest BCUT2D eigenvalue weighted by molar-refractivity contribution is 0.0161. The summed E-state index contributed by atoms with van der Waals surface area (Å²) in [5, 5.41) is 19.0. The second-order valence-corrected chi connectivity index (χ2v) is 5.60. The summed E-state index contributed by atoms with van der Waals surface area (Å²) < 4.78 is 14.0. The van der Waals surface area contributed by atoms with Crippen LogP contribution in [0.4, 0.5) is 4.39 Å². The largest absolute Gasteiger partial charge is 0.396 e. The molecule has 17 heavy (non-hydrogen) atoms. The van der Waals surface area contributed by atoms with Crippen molar-refractivity contribution in [1.82, 2.24) is 0 Å². The van der Waals surface area contributed by atoms with Gasteiger partial charge in [0.1, 0.15) is 5.82 Å². The zero-order valence-electron chi connectivity index (χ0n) is 10.1. The molecule has 1 rings (SSSR count). The highest BCUT2D eigenvalue weighted by Gasteiger charge is 2.33. The Morgan fingerprint density at radius 1 is 1.29 bits per heavy atom. The summed E-state index contributed by atoms with van der Waals surface area (Å²) in [4.78, 5) is 0. The molecule has 0 fully saturated rings. The standard InChI is InChI=1S/C13H18BrFO2/c1-9(2)13(7-16,8-17)6-10-5-11(15)3-4-12(10)14/h3-5,9,16-17H,6-8H2,1-2H3. The van der Waals surface area contributed by atoms with E-state index in [9.17, 15) is 14.6 Å². The number of rotatable bonds is 5. The SMILES string of the molecule is CC(C)C(CO)(CO)Cc1cc(F)ccc1Br. The van der Waals surface area contributed by atoms with Crippen LogP contribution in [0.1, 0.15) is 19.4 Å². The van der Waals surface area contributed by atoms with E-state index in [4.69, 9.17) is 0 Å². The van der Waals surface area contributed by atoms with Gasteiger partial charge in [0.2, 0.25) is 0 Å². The predicted molar refractivity (Wildman–Crippen MR) is 69.2 cm³/mol. The van der Waals surface area contributed by atoms with Gasteiger partial charge in [0, 0.05) is 9.89 Å². The fourth-order valence-electron chi connectivity index (χ4n) is 1.79. The van der Waals surface area contributed by atoms with Crippen LogP contribution in [0.2, 0.25) is 0 Å². The Morgan fingerprint density at radius 3 is 2.35 bits per heavy atom. The van der Waals surface area contributed by atoms with E-state index in [0.29, 0.717) is 6.42 Å². The van der Waals surface area contributed by atoms with E-state index in [0.717, 1.165) is 10.0 Å². The van der Waals surface area contributed by atoms with Crippen LogP contribution >= 0.6 is 15.9 Å². The molecule has 96 valence electrons. The number of hydrogen-bond donors (Lipinski definition) is 2. The second kappa shape index (κ2) is 5.94. The zero-order valence-corrected chi connectivity index (χ0v) is 11.7. The van der Waals surface area contributed by atoms with Crippen molar-refractivity contribution >= 4 is 15.9 Å². The first-order valence-electron chi connectivity index (χ1n) is 5.61. The summed E-state index contributed by atoms with van der Waals surface area (Å²) in [6, 6.07) is 4.46. The molecule has 1 aromatic carbocycles. The Morgan fingerprint density at radius 2 is 1.88 bits per heavy atom. The summed E-state index contributed by atoms with van der Waals surface area (Å²) in [6.45, 7) is 3.65. The van der Waals surface area contributed by atoms with Crippen molar-refractivity contribution in [2.45, 2.75) is 20.3 Å². The molecule has 0 aromatic heterocycles. The molecule has 0 saturated heterocycles. The van der Waals surface area contributed by atoms with Crippen LogP contribution < -0.4 is 0 Å². The van der Waals surface area contributed by atoms with Crippen molar-refractivity contribution in [3.8, 4) is 0 Å². The molecule has 0 spiro atoms. The second-order valence-electron chi connectivity index (χ2n) is 4.75. The minimum atomic E-state index is -0.615. The van der Waals surface area contributed by atoms with Gasteiger partial charge in [-0.2, -0.15) is 0 Å². The van der Waals surface area contributed by atoms with Gasteiger partial charge in [-0.25, -0.2) is 4.39 Å². The van der Waals surface area contributed by atoms with Gasteiger partial charge in [-0.3, -0.25) is 0 Å². The molecule has 2 N–H and O–H groups in total. The maximum atomic E-state index is 13.2. The van der Waals surface area contributed by atoms with Crippen LogP contribution in [0.5, 0.6) is 0 Å². The van der Waals surface area contributed by atoms with Gasteiger partial charge in [-0.1, -0.05) is 29.8 Å². The minimum absolute atomic E-state index is 0.104. The molecule has 0 atom stereocenters. The lowest BCUT2D eigenvalue weighted by Crippen LogP contribution is -2.37. The Labute approximate surface area is 110 Å². The summed E-state index contributed by atoms with van der Waals surface area (Å²) in [6.07, 6.45) is 0.440. The number of halogens is 2. The van der Waals surface area contributed by atoms with E-state index in [2.05, 4.69) is 15.9 Å². The molecule has 0 heterocycles. The van der Waals surface area contributed by atoms with Gasteiger partial charge in [-0.15, -0.1) is 0 Å². The first-order valence-corrected chi connectivity index (χ1v) is 6.40. The number of hydrogen-bond acceptors (Lipinski definition) is 2. The van der Waals surface area contributed by atoms with Crippen molar-refractivity contribution in [1.29, 1.82) is 0 Å². The molecule has 0 aliphatic rings. The third-order valence-electron chi connectivity index (χ3n) is 3.40. The first-order chi connectivity index (χ1) is 7.95. The fourth-order valence-corrected chi connectivity index (χ4v) is 2.18. The van der Waals surface area contributed by atoms with E-state index < -0.39 is 5.41 Å². The average molecular weight is 305 g/mol. The highest BCUT2D eigenvalue weighted by Crippen LogP contribution is 2.33. The van der Waals surface area contributed by atoms with Crippen LogP contribution in [-0.2, 0) is 6.42 Å². The molecule has 0 radical (unpaired) electrons. The van der Waals surface area contributed by atoms with E-state index >= 15 is 0 Å². The third-order valence-corrected chi connectivity index (χ3v) is 4.18. The summed E-state index contributed by atoms with van der Waals surface area (Å²) in [5.74, 6) is -0.204. The Kier molecular flexibility index (Phi) is 5.10. The first kappa shape index (κ1) is 14.6. The van der Waals surface area contributed by atoms with Gasteiger partial charge in [-0.05, 0) is 36.1 Å². The summed E-state index contributed by atoms with van der Waals surface area (Å²) >= 11 is 3.36. The van der Waals surface area contributed by atoms with Gasteiger partial charge in [0.25, 0.3) is 0 Å². The molecule has 1 aromatic rings. The Hall–Kier alpha value is -0.450. The molecular formula is C13H18BrFO2. The van der Waals surface area contributed by atoms with Gasteiger partial charge in [0.05, 0.1) is 13.2 Å². The summed E-state index contributed by atoms with van der Waals surface area (Å²) in [5.41, 5.74) is 0.151.